The van der Waals surface area contributed by atoms with E-state index in [2.05, 4.69) is 26.8 Å². The van der Waals surface area contributed by atoms with Crippen molar-refractivity contribution < 1.29 is 9.26 Å². The molecule has 8 heteroatoms. The summed E-state index contributed by atoms with van der Waals surface area (Å²) in [6.07, 6.45) is 0. The molecule has 0 aliphatic carbocycles. The zero-order chi connectivity index (χ0) is 18.6. The van der Waals surface area contributed by atoms with Gasteiger partial charge in [0.1, 0.15) is 5.75 Å². The monoisotopic (exact) mass is 398 g/mol. The molecule has 27 heavy (non-hydrogen) atoms. The van der Waals surface area contributed by atoms with Gasteiger partial charge in [0.05, 0.1) is 17.7 Å². The zero-order valence-corrected chi connectivity index (χ0v) is 16.6. The van der Waals surface area contributed by atoms with E-state index in [4.69, 9.17) is 9.26 Å². The molecular formula is C19H18N4O2S2. The van der Waals surface area contributed by atoms with Crippen LogP contribution in [0.1, 0.15) is 12.6 Å². The van der Waals surface area contributed by atoms with Crippen LogP contribution in [-0.4, -0.2) is 27.0 Å². The normalized spacial score (nSPS) is 11.0. The van der Waals surface area contributed by atoms with E-state index in [9.17, 15) is 0 Å². The molecule has 0 saturated heterocycles. The summed E-state index contributed by atoms with van der Waals surface area (Å²) in [5.41, 5.74) is 1.90. The summed E-state index contributed by atoms with van der Waals surface area (Å²) < 4.78 is 12.8. The number of rotatable bonds is 7. The topological polar surface area (TPSA) is 66.0 Å². The number of thioether (sulfide) groups is 1. The first-order chi connectivity index (χ1) is 13.3. The van der Waals surface area contributed by atoms with Crippen LogP contribution in [0.3, 0.4) is 0 Å². The van der Waals surface area contributed by atoms with Crippen LogP contribution in [-0.2, 0) is 12.3 Å². The molecule has 1 aromatic carbocycles. The van der Waals surface area contributed by atoms with Gasteiger partial charge in [0.2, 0.25) is 0 Å². The minimum absolute atomic E-state index is 0.676. The molecule has 0 saturated carbocycles. The fourth-order valence-electron chi connectivity index (χ4n) is 2.69. The lowest BCUT2D eigenvalue weighted by atomic mass is 10.2. The van der Waals surface area contributed by atoms with Crippen molar-refractivity contribution in [3.05, 3.63) is 53.5 Å². The number of nitrogens with zero attached hydrogens (tertiary/aromatic N) is 4. The maximum absolute atomic E-state index is 5.44. The molecule has 138 valence electrons. The first kappa shape index (κ1) is 17.8. The maximum Gasteiger partial charge on any atom is 0.191 e. The van der Waals surface area contributed by atoms with Gasteiger partial charge in [0, 0.05) is 23.9 Å². The van der Waals surface area contributed by atoms with Gasteiger partial charge >= 0.3 is 0 Å². The van der Waals surface area contributed by atoms with E-state index in [0.717, 1.165) is 45.2 Å². The number of aromatic nitrogens is 4. The van der Waals surface area contributed by atoms with Crippen molar-refractivity contribution in [2.75, 3.05) is 7.11 Å². The molecule has 0 radical (unpaired) electrons. The fourth-order valence-corrected chi connectivity index (χ4v) is 4.24. The van der Waals surface area contributed by atoms with E-state index in [-0.39, 0.29) is 0 Å². The summed E-state index contributed by atoms with van der Waals surface area (Å²) >= 11 is 3.24. The average molecular weight is 399 g/mol. The predicted molar refractivity (Wildman–Crippen MR) is 107 cm³/mol. The lowest BCUT2D eigenvalue weighted by Gasteiger charge is -2.07. The van der Waals surface area contributed by atoms with E-state index in [1.165, 1.54) is 0 Å². The number of benzene rings is 1. The summed E-state index contributed by atoms with van der Waals surface area (Å²) in [6, 6.07) is 13.9. The third kappa shape index (κ3) is 3.77. The van der Waals surface area contributed by atoms with Gasteiger partial charge in [-0.3, -0.25) is 0 Å². The highest BCUT2D eigenvalue weighted by Crippen LogP contribution is 2.29. The Hall–Kier alpha value is -2.58. The van der Waals surface area contributed by atoms with Crippen molar-refractivity contribution >= 4 is 23.1 Å². The molecule has 0 N–H and O–H groups in total. The molecule has 0 fully saturated rings. The molecule has 3 aromatic heterocycles. The standard InChI is InChI=1S/C19H18N4O2S2/c1-3-23-18(13-6-8-15(24-2)9-7-13)20-21-19(23)27-12-14-11-16(25-22-14)17-5-4-10-26-17/h4-11H,3,12H2,1-2H3. The minimum atomic E-state index is 0.676. The second-order valence-electron chi connectivity index (χ2n) is 5.73. The maximum atomic E-state index is 5.44. The second-order valence-corrected chi connectivity index (χ2v) is 7.62. The molecule has 0 atom stereocenters. The highest BCUT2D eigenvalue weighted by Gasteiger charge is 2.15. The van der Waals surface area contributed by atoms with Gasteiger partial charge in [-0.25, -0.2) is 0 Å². The fraction of sp³-hybridized carbons (Fsp3) is 0.211. The lowest BCUT2D eigenvalue weighted by molar-refractivity contribution is 0.415. The number of methoxy groups -OCH3 is 1. The largest absolute Gasteiger partial charge is 0.497 e. The molecule has 4 aromatic rings. The van der Waals surface area contributed by atoms with E-state index in [1.807, 2.05) is 47.8 Å². The molecule has 3 heterocycles. The molecule has 0 bridgehead atoms. The van der Waals surface area contributed by atoms with E-state index in [1.54, 1.807) is 30.2 Å². The van der Waals surface area contributed by atoms with Crippen LogP contribution in [0.4, 0.5) is 0 Å². The predicted octanol–water partition coefficient (Wildman–Crippen LogP) is 4.98. The molecule has 0 aliphatic rings. The van der Waals surface area contributed by atoms with Gasteiger partial charge in [-0.05, 0) is 42.6 Å². The van der Waals surface area contributed by atoms with Crippen LogP contribution < -0.4 is 4.74 Å². The van der Waals surface area contributed by atoms with E-state index in [0.29, 0.717) is 5.75 Å². The Morgan fingerprint density at radius 1 is 1.19 bits per heavy atom. The molecule has 0 amide bonds. The van der Waals surface area contributed by atoms with Crippen molar-refractivity contribution in [1.29, 1.82) is 0 Å². The van der Waals surface area contributed by atoms with Crippen LogP contribution >= 0.6 is 23.1 Å². The molecular weight excluding hydrogens is 380 g/mol. The van der Waals surface area contributed by atoms with Gasteiger partial charge in [-0.15, -0.1) is 21.5 Å². The molecule has 0 unspecified atom stereocenters. The molecule has 0 spiro atoms. The number of ether oxygens (including phenoxy) is 1. The quantitative estimate of drug-likeness (QED) is 0.409. The number of hydrogen-bond acceptors (Lipinski definition) is 7. The minimum Gasteiger partial charge on any atom is -0.497 e. The Morgan fingerprint density at radius 2 is 2.04 bits per heavy atom. The third-order valence-electron chi connectivity index (χ3n) is 4.05. The Morgan fingerprint density at radius 3 is 2.74 bits per heavy atom. The zero-order valence-electron chi connectivity index (χ0n) is 15.0. The third-order valence-corrected chi connectivity index (χ3v) is 5.94. The highest BCUT2D eigenvalue weighted by molar-refractivity contribution is 7.98. The van der Waals surface area contributed by atoms with Crippen molar-refractivity contribution in [2.45, 2.75) is 24.4 Å². The second kappa shape index (κ2) is 7.98. The van der Waals surface area contributed by atoms with Gasteiger partial charge < -0.3 is 13.8 Å². The Bertz CT molecular complexity index is 1010. The first-order valence-electron chi connectivity index (χ1n) is 8.48. The summed E-state index contributed by atoms with van der Waals surface area (Å²) in [6.45, 7) is 2.88. The van der Waals surface area contributed by atoms with Crippen LogP contribution in [0.5, 0.6) is 5.75 Å². The summed E-state index contributed by atoms with van der Waals surface area (Å²) in [7, 11) is 1.66. The van der Waals surface area contributed by atoms with Gasteiger partial charge in [0.25, 0.3) is 0 Å². The van der Waals surface area contributed by atoms with Gasteiger partial charge in [0.15, 0.2) is 16.7 Å². The van der Waals surface area contributed by atoms with E-state index >= 15 is 0 Å². The molecule has 0 aliphatic heterocycles. The number of thiophene rings is 1. The Kier molecular flexibility index (Phi) is 5.26. The van der Waals surface area contributed by atoms with E-state index < -0.39 is 0 Å². The van der Waals surface area contributed by atoms with Crippen LogP contribution in [0.15, 0.2) is 57.5 Å². The lowest BCUT2D eigenvalue weighted by Crippen LogP contribution is -2.00. The van der Waals surface area contributed by atoms with Crippen LogP contribution in [0.2, 0.25) is 0 Å². The van der Waals surface area contributed by atoms with Crippen molar-refractivity contribution in [1.82, 2.24) is 19.9 Å². The first-order valence-corrected chi connectivity index (χ1v) is 10.3. The average Bonchev–Trinajstić information content (AvgIpc) is 3.46. The smallest absolute Gasteiger partial charge is 0.191 e. The summed E-state index contributed by atoms with van der Waals surface area (Å²) in [5.74, 6) is 3.15. The Balaban J connectivity index is 1.50. The Labute approximate surface area is 165 Å². The highest BCUT2D eigenvalue weighted by atomic mass is 32.2. The molecule has 4 rings (SSSR count). The van der Waals surface area contributed by atoms with Crippen LogP contribution in [0.25, 0.3) is 22.0 Å². The summed E-state index contributed by atoms with van der Waals surface area (Å²) in [4.78, 5) is 1.08. The number of hydrogen-bond donors (Lipinski definition) is 0. The van der Waals surface area contributed by atoms with Gasteiger partial charge in [-0.1, -0.05) is 23.0 Å². The summed E-state index contributed by atoms with van der Waals surface area (Å²) in [5, 5.41) is 15.8. The van der Waals surface area contributed by atoms with Crippen LogP contribution in [0, 0.1) is 0 Å². The van der Waals surface area contributed by atoms with Crippen molar-refractivity contribution in [3.63, 3.8) is 0 Å². The molecule has 6 nitrogen and oxygen atoms in total. The SMILES string of the molecule is CCn1c(SCc2cc(-c3cccs3)on2)nnc1-c1ccc(OC)cc1. The van der Waals surface area contributed by atoms with Gasteiger partial charge in [-0.2, -0.15) is 0 Å². The van der Waals surface area contributed by atoms with Crippen molar-refractivity contribution in [3.8, 4) is 27.8 Å². The van der Waals surface area contributed by atoms with Crippen molar-refractivity contribution in [2.24, 2.45) is 0 Å².